The van der Waals surface area contributed by atoms with Gasteiger partial charge in [-0.15, -0.1) is 0 Å². The van der Waals surface area contributed by atoms with E-state index in [1.807, 2.05) is 44.2 Å². The van der Waals surface area contributed by atoms with Crippen molar-refractivity contribution in [2.24, 2.45) is 0 Å². The van der Waals surface area contributed by atoms with Gasteiger partial charge in [0.05, 0.1) is 12.2 Å². The largest absolute Gasteiger partial charge is 0.460 e. The Balaban J connectivity index is 1.75. The highest BCUT2D eigenvalue weighted by molar-refractivity contribution is 6.35. The van der Waals surface area contributed by atoms with Gasteiger partial charge in [0.15, 0.2) is 5.78 Å². The molecule has 0 saturated carbocycles. The molecule has 2 atom stereocenters. The van der Waals surface area contributed by atoms with Crippen LogP contribution in [0.15, 0.2) is 71.1 Å². The normalized spacial score (nSPS) is 20.2. The van der Waals surface area contributed by atoms with E-state index in [4.69, 9.17) is 32.7 Å². The summed E-state index contributed by atoms with van der Waals surface area (Å²) in [5, 5.41) is 4.23. The van der Waals surface area contributed by atoms with Crippen LogP contribution in [0.3, 0.4) is 0 Å². The number of ketones is 1. The van der Waals surface area contributed by atoms with E-state index in [0.29, 0.717) is 58.5 Å². The Morgan fingerprint density at radius 3 is 2.56 bits per heavy atom. The van der Waals surface area contributed by atoms with Gasteiger partial charge in [-0.25, -0.2) is 4.79 Å². The third-order valence-corrected chi connectivity index (χ3v) is 6.82. The fourth-order valence-electron chi connectivity index (χ4n) is 4.73. The average molecular weight is 500 g/mol. The lowest BCUT2D eigenvalue weighted by Crippen LogP contribution is -2.36. The van der Waals surface area contributed by atoms with Crippen molar-refractivity contribution >= 4 is 35.0 Å². The number of halogens is 2. The summed E-state index contributed by atoms with van der Waals surface area (Å²) in [6.45, 7) is 4.68. The first kappa shape index (κ1) is 24.5. The van der Waals surface area contributed by atoms with E-state index >= 15 is 0 Å². The standard InChI is InChI=1S/C27H27Cl2NO4/c1-3-33-11-12-34-27(32)24-16(2)30-22-13-18(17-7-5-4-6-8-17)14-23(31)26(22)25(24)20-10-9-19(28)15-21(20)29/h4-10,15,18,25,30H,3,11-14H2,1-2H3/t18-,25+/m0/s1. The maximum atomic E-state index is 13.6. The molecule has 1 N–H and O–H groups in total. The minimum Gasteiger partial charge on any atom is -0.460 e. The zero-order chi connectivity index (χ0) is 24.2. The third kappa shape index (κ3) is 5.07. The zero-order valence-corrected chi connectivity index (χ0v) is 20.7. The molecule has 2 aromatic rings. The van der Waals surface area contributed by atoms with Crippen LogP contribution in [0.1, 0.15) is 49.7 Å². The number of Topliss-reactive ketones (excluding diaryl/α,β-unsaturated/α-hetero) is 1. The highest BCUT2D eigenvalue weighted by atomic mass is 35.5. The van der Waals surface area contributed by atoms with Crippen molar-refractivity contribution in [3.8, 4) is 0 Å². The number of carbonyl (C=O) groups excluding carboxylic acids is 2. The van der Waals surface area contributed by atoms with Crippen molar-refractivity contribution in [2.75, 3.05) is 19.8 Å². The van der Waals surface area contributed by atoms with Crippen molar-refractivity contribution in [2.45, 2.75) is 38.5 Å². The first-order valence-corrected chi connectivity index (χ1v) is 12.1. The van der Waals surface area contributed by atoms with Gasteiger partial charge in [0.2, 0.25) is 0 Å². The van der Waals surface area contributed by atoms with E-state index in [1.165, 1.54) is 0 Å². The number of hydrogen-bond donors (Lipinski definition) is 1. The number of hydrogen-bond acceptors (Lipinski definition) is 5. The lowest BCUT2D eigenvalue weighted by atomic mass is 9.71. The first-order valence-electron chi connectivity index (χ1n) is 11.4. The summed E-state index contributed by atoms with van der Waals surface area (Å²) in [6, 6.07) is 15.2. The Morgan fingerprint density at radius 1 is 1.09 bits per heavy atom. The number of esters is 1. The van der Waals surface area contributed by atoms with Crippen molar-refractivity contribution in [1.82, 2.24) is 5.32 Å². The Labute approximate surface area is 209 Å². The highest BCUT2D eigenvalue weighted by Crippen LogP contribution is 2.47. The van der Waals surface area contributed by atoms with Gasteiger partial charge in [0.1, 0.15) is 6.61 Å². The smallest absolute Gasteiger partial charge is 0.336 e. The van der Waals surface area contributed by atoms with E-state index in [1.54, 1.807) is 18.2 Å². The molecule has 0 unspecified atom stereocenters. The predicted molar refractivity (Wildman–Crippen MR) is 133 cm³/mol. The van der Waals surface area contributed by atoms with E-state index < -0.39 is 11.9 Å². The zero-order valence-electron chi connectivity index (χ0n) is 19.2. The summed E-state index contributed by atoms with van der Waals surface area (Å²) in [4.78, 5) is 26.8. The van der Waals surface area contributed by atoms with Crippen molar-refractivity contribution in [3.05, 3.63) is 92.2 Å². The lowest BCUT2D eigenvalue weighted by Gasteiger charge is -2.37. The van der Waals surface area contributed by atoms with Gasteiger partial charge in [-0.2, -0.15) is 0 Å². The van der Waals surface area contributed by atoms with Gasteiger partial charge in [0.25, 0.3) is 0 Å². The van der Waals surface area contributed by atoms with Crippen LogP contribution in [0.25, 0.3) is 0 Å². The number of rotatable bonds is 7. The van der Waals surface area contributed by atoms with Crippen molar-refractivity contribution in [3.63, 3.8) is 0 Å². The van der Waals surface area contributed by atoms with Crippen LogP contribution in [0.4, 0.5) is 0 Å². The monoisotopic (exact) mass is 499 g/mol. The molecule has 1 heterocycles. The summed E-state index contributed by atoms with van der Waals surface area (Å²) >= 11 is 12.7. The van der Waals surface area contributed by atoms with Crippen molar-refractivity contribution < 1.29 is 19.1 Å². The second kappa shape index (κ2) is 10.8. The summed E-state index contributed by atoms with van der Waals surface area (Å²) in [6.07, 6.45) is 1.02. The predicted octanol–water partition coefficient (Wildman–Crippen LogP) is 5.93. The number of carbonyl (C=O) groups is 2. The molecule has 0 bridgehead atoms. The minimum atomic E-state index is -0.634. The molecule has 0 radical (unpaired) electrons. The van der Waals surface area contributed by atoms with Crippen LogP contribution in [-0.4, -0.2) is 31.6 Å². The van der Waals surface area contributed by atoms with E-state index in [9.17, 15) is 9.59 Å². The molecule has 2 aliphatic rings. The van der Waals surface area contributed by atoms with Gasteiger partial charge >= 0.3 is 5.97 Å². The molecule has 1 aliphatic carbocycles. The Morgan fingerprint density at radius 2 is 1.85 bits per heavy atom. The van der Waals surface area contributed by atoms with E-state index in [-0.39, 0.29) is 18.3 Å². The molecule has 0 amide bonds. The number of nitrogens with one attached hydrogen (secondary N) is 1. The third-order valence-electron chi connectivity index (χ3n) is 6.26. The van der Waals surface area contributed by atoms with Crippen LogP contribution in [0.5, 0.6) is 0 Å². The number of dihydropyridines is 1. The molecule has 0 spiro atoms. The summed E-state index contributed by atoms with van der Waals surface area (Å²) in [7, 11) is 0. The molecule has 1 aliphatic heterocycles. The second-order valence-electron chi connectivity index (χ2n) is 8.43. The number of ether oxygens (including phenoxy) is 2. The first-order chi connectivity index (χ1) is 16.4. The molecule has 4 rings (SSSR count). The molecule has 2 aromatic carbocycles. The molecule has 5 nitrogen and oxygen atoms in total. The van der Waals surface area contributed by atoms with E-state index in [2.05, 4.69) is 5.32 Å². The molecule has 0 saturated heterocycles. The Hall–Kier alpha value is -2.60. The van der Waals surface area contributed by atoms with Crippen LogP contribution >= 0.6 is 23.2 Å². The maximum absolute atomic E-state index is 13.6. The lowest BCUT2D eigenvalue weighted by molar-refractivity contribution is -0.140. The maximum Gasteiger partial charge on any atom is 0.336 e. The highest BCUT2D eigenvalue weighted by Gasteiger charge is 2.42. The van der Waals surface area contributed by atoms with Crippen molar-refractivity contribution in [1.29, 1.82) is 0 Å². The molecular formula is C27H27Cl2NO4. The van der Waals surface area contributed by atoms with E-state index in [0.717, 1.165) is 11.3 Å². The second-order valence-corrected chi connectivity index (χ2v) is 9.27. The number of allylic oxidation sites excluding steroid dienone is 3. The fraction of sp³-hybridized carbons (Fsp3) is 0.333. The molecule has 34 heavy (non-hydrogen) atoms. The summed E-state index contributed by atoms with van der Waals surface area (Å²) in [5.74, 6) is -1.07. The molecular weight excluding hydrogens is 473 g/mol. The van der Waals surface area contributed by atoms with Gasteiger partial charge in [-0.3, -0.25) is 4.79 Å². The molecule has 0 fully saturated rings. The summed E-state index contributed by atoms with van der Waals surface area (Å²) < 4.78 is 10.8. The average Bonchev–Trinajstić information content (AvgIpc) is 2.81. The van der Waals surface area contributed by atoms with Crippen LogP contribution in [-0.2, 0) is 19.1 Å². The van der Waals surface area contributed by atoms with Crippen LogP contribution in [0.2, 0.25) is 10.0 Å². The topological polar surface area (TPSA) is 64.6 Å². The van der Waals surface area contributed by atoms with Gasteiger partial charge in [-0.05, 0) is 49.4 Å². The number of benzene rings is 2. The quantitative estimate of drug-likeness (QED) is 0.377. The van der Waals surface area contributed by atoms with Gasteiger partial charge in [-0.1, -0.05) is 59.6 Å². The van der Waals surface area contributed by atoms with Gasteiger partial charge in [0, 0.05) is 46.0 Å². The minimum absolute atomic E-state index is 0.00858. The van der Waals surface area contributed by atoms with Gasteiger partial charge < -0.3 is 14.8 Å². The molecule has 178 valence electrons. The Kier molecular flexibility index (Phi) is 7.77. The Bertz CT molecular complexity index is 1160. The van der Waals surface area contributed by atoms with Crippen LogP contribution < -0.4 is 5.32 Å². The molecule has 7 heteroatoms. The van der Waals surface area contributed by atoms with Crippen LogP contribution in [0, 0.1) is 0 Å². The fourth-order valence-corrected chi connectivity index (χ4v) is 5.25. The SMILES string of the molecule is CCOCCOC(=O)C1=C(C)NC2=C(C(=O)C[C@@H](c3ccccc3)C2)[C@@H]1c1ccc(Cl)cc1Cl. The summed E-state index contributed by atoms with van der Waals surface area (Å²) in [5.41, 5.74) is 4.20. The molecule has 0 aromatic heterocycles.